The number of hydrogen-bond acceptors (Lipinski definition) is 18. The molecule has 1 amide bonds. The molecule has 12 N–H and O–H groups in total. The third-order valence-corrected chi connectivity index (χ3v) is 19.8. The van der Waals surface area contributed by atoms with Crippen molar-refractivity contribution in [2.75, 3.05) is 26.4 Å². The number of amides is 1. The van der Waals surface area contributed by atoms with Gasteiger partial charge in [-0.2, -0.15) is 0 Å². The Morgan fingerprint density at radius 3 is 1.02 bits per heavy atom. The highest BCUT2D eigenvalue weighted by molar-refractivity contribution is 5.76. The number of nitrogens with one attached hydrogen (secondary N) is 1. The van der Waals surface area contributed by atoms with Crippen LogP contribution in [0.25, 0.3) is 0 Å². The highest BCUT2D eigenvalue weighted by Crippen LogP contribution is 2.33. The predicted octanol–water partition coefficient (Wildman–Crippen LogP) is 12.9. The van der Waals surface area contributed by atoms with Gasteiger partial charge in [-0.25, -0.2) is 0 Å². The van der Waals surface area contributed by atoms with Gasteiger partial charge in [0.2, 0.25) is 5.91 Å². The van der Waals surface area contributed by atoms with Crippen LogP contribution in [0.1, 0.15) is 316 Å². The molecule has 19 nitrogen and oxygen atoms in total. The van der Waals surface area contributed by atoms with Crippen LogP contribution >= 0.6 is 0 Å². The molecule has 0 aliphatic carbocycles. The van der Waals surface area contributed by atoms with E-state index < -0.39 is 124 Å². The molecule has 17 atom stereocenters. The monoisotopic (exact) mass is 1400 g/mol. The number of hydrogen-bond donors (Lipinski definition) is 12. The van der Waals surface area contributed by atoms with Gasteiger partial charge in [0.05, 0.1) is 38.6 Å². The third kappa shape index (κ3) is 40.1. The van der Waals surface area contributed by atoms with Crippen LogP contribution in [0.2, 0.25) is 0 Å². The van der Waals surface area contributed by atoms with Gasteiger partial charge in [0.15, 0.2) is 18.9 Å². The first-order valence-electron chi connectivity index (χ1n) is 39.9. The van der Waals surface area contributed by atoms with Crippen LogP contribution in [-0.2, 0) is 33.2 Å². The Morgan fingerprint density at radius 2 is 0.653 bits per heavy atom. The fourth-order valence-corrected chi connectivity index (χ4v) is 13.4. The molecule has 3 heterocycles. The van der Waals surface area contributed by atoms with Crippen molar-refractivity contribution in [1.82, 2.24) is 5.32 Å². The maximum absolute atomic E-state index is 13.5. The van der Waals surface area contributed by atoms with E-state index in [1.807, 2.05) is 6.08 Å². The molecule has 0 saturated carbocycles. The standard InChI is InChI=1S/C79H145NO18/c1-3-5-7-9-11-13-15-17-19-21-23-25-27-28-29-30-31-32-33-34-35-37-39-41-43-45-47-49-51-53-55-57-67(85)80-62(63(84)56-54-52-50-48-46-44-42-40-38-36-26-24-22-20-18-16-14-12-10-8-6-4-2)61-93-77-73(91)70(88)75(65(59-82)95-77)98-79-74(92)71(89)76(66(60-83)96-79)97-78-72(90)69(87)68(86)64(58-81)94-78/h21,23,38,40,46,48,54,56,62-66,68-79,81-84,86-92H,3-20,22,24-37,39,41-45,47,49-53,55,57-61H2,1-2H3,(H,80,85)/b23-21-,40-38+,48-46+,56-54+. The average molecular weight is 1400 g/mol. The van der Waals surface area contributed by atoms with Crippen LogP contribution in [0.15, 0.2) is 48.6 Å². The van der Waals surface area contributed by atoms with E-state index in [0.717, 1.165) is 44.9 Å². The Labute approximate surface area is 593 Å². The van der Waals surface area contributed by atoms with Crippen molar-refractivity contribution in [3.63, 3.8) is 0 Å². The summed E-state index contributed by atoms with van der Waals surface area (Å²) in [6.07, 6.45) is 48.2. The number of carbonyl (C=O) groups excluding carboxylic acids is 1. The molecule has 0 aromatic heterocycles. The molecular weight excluding hydrogens is 1250 g/mol. The second-order valence-electron chi connectivity index (χ2n) is 28.5. The molecule has 3 fully saturated rings. The summed E-state index contributed by atoms with van der Waals surface area (Å²) in [5, 5.41) is 121. The number of aliphatic hydroxyl groups excluding tert-OH is 11. The van der Waals surface area contributed by atoms with Crippen molar-refractivity contribution in [3.8, 4) is 0 Å². The van der Waals surface area contributed by atoms with E-state index in [4.69, 9.17) is 28.4 Å². The summed E-state index contributed by atoms with van der Waals surface area (Å²) in [5.74, 6) is -0.285. The normalized spacial score (nSPS) is 27.0. The lowest BCUT2D eigenvalue weighted by molar-refractivity contribution is -0.379. The predicted molar refractivity (Wildman–Crippen MR) is 388 cm³/mol. The molecule has 0 aromatic rings. The largest absolute Gasteiger partial charge is 0.394 e. The van der Waals surface area contributed by atoms with Gasteiger partial charge in [-0.1, -0.05) is 287 Å². The summed E-state index contributed by atoms with van der Waals surface area (Å²) in [7, 11) is 0. The molecule has 3 rings (SSSR count). The Hall–Kier alpha value is -2.25. The molecule has 0 aromatic carbocycles. The first-order valence-corrected chi connectivity index (χ1v) is 39.9. The van der Waals surface area contributed by atoms with E-state index in [-0.39, 0.29) is 18.9 Å². The van der Waals surface area contributed by atoms with Crippen molar-refractivity contribution >= 4 is 5.91 Å². The molecule has 19 heteroatoms. The van der Waals surface area contributed by atoms with Gasteiger partial charge in [0, 0.05) is 6.42 Å². The van der Waals surface area contributed by atoms with Crippen molar-refractivity contribution in [2.45, 2.75) is 420 Å². The second kappa shape index (κ2) is 60.1. The van der Waals surface area contributed by atoms with E-state index >= 15 is 0 Å². The number of allylic oxidation sites excluding steroid dienone is 7. The Balaban J connectivity index is 1.38. The van der Waals surface area contributed by atoms with E-state index in [2.05, 4.69) is 55.6 Å². The minimum Gasteiger partial charge on any atom is -0.394 e. The van der Waals surface area contributed by atoms with Crippen LogP contribution in [0, 0.1) is 0 Å². The van der Waals surface area contributed by atoms with Crippen molar-refractivity contribution in [1.29, 1.82) is 0 Å². The lowest BCUT2D eigenvalue weighted by Crippen LogP contribution is -2.66. The minimum absolute atomic E-state index is 0.234. The summed E-state index contributed by atoms with van der Waals surface area (Å²) in [6.45, 7) is 1.75. The second-order valence-corrected chi connectivity index (χ2v) is 28.5. The molecule has 17 unspecified atom stereocenters. The first kappa shape index (κ1) is 90.0. The third-order valence-electron chi connectivity index (χ3n) is 19.8. The molecule has 3 saturated heterocycles. The Bertz CT molecular complexity index is 1960. The first-order chi connectivity index (χ1) is 47.8. The fourth-order valence-electron chi connectivity index (χ4n) is 13.4. The zero-order valence-corrected chi connectivity index (χ0v) is 61.3. The molecule has 574 valence electrons. The summed E-state index contributed by atoms with van der Waals surface area (Å²) in [5.41, 5.74) is 0. The number of ether oxygens (including phenoxy) is 6. The molecular formula is C79H145NO18. The van der Waals surface area contributed by atoms with Gasteiger partial charge < -0.3 is 89.9 Å². The van der Waals surface area contributed by atoms with E-state index in [1.165, 1.54) is 238 Å². The number of aliphatic hydroxyl groups is 11. The van der Waals surface area contributed by atoms with Crippen molar-refractivity contribution < 1.29 is 89.4 Å². The molecule has 0 bridgehead atoms. The fraction of sp³-hybridized carbons (Fsp3) is 0.886. The Kier molecular flexibility index (Phi) is 55.1. The maximum Gasteiger partial charge on any atom is 0.220 e. The van der Waals surface area contributed by atoms with Gasteiger partial charge >= 0.3 is 0 Å². The van der Waals surface area contributed by atoms with Crippen LogP contribution < -0.4 is 5.32 Å². The summed E-state index contributed by atoms with van der Waals surface area (Å²) >= 11 is 0. The van der Waals surface area contributed by atoms with Crippen LogP contribution in [0.3, 0.4) is 0 Å². The van der Waals surface area contributed by atoms with Gasteiger partial charge in [0.25, 0.3) is 0 Å². The van der Waals surface area contributed by atoms with Gasteiger partial charge in [-0.3, -0.25) is 4.79 Å². The van der Waals surface area contributed by atoms with E-state index in [9.17, 15) is 61.0 Å². The van der Waals surface area contributed by atoms with E-state index in [0.29, 0.717) is 12.8 Å². The van der Waals surface area contributed by atoms with Crippen molar-refractivity contribution in [2.24, 2.45) is 0 Å². The summed E-state index contributed by atoms with van der Waals surface area (Å²) in [6, 6.07) is -0.997. The lowest BCUT2D eigenvalue weighted by atomic mass is 9.96. The zero-order chi connectivity index (χ0) is 71.1. The van der Waals surface area contributed by atoms with Gasteiger partial charge in [-0.15, -0.1) is 0 Å². The van der Waals surface area contributed by atoms with Crippen LogP contribution in [-0.4, -0.2) is 193 Å². The SMILES string of the molecule is CCCCCCCCCC/C=C\CCCCCCCCCCCCCCCCCCCCCC(=O)NC(COC1OC(CO)C(OC2OC(CO)C(OC3OC(CO)C(O)C(O)C3O)C(O)C2O)C(O)C1O)C(O)/C=C/CC/C=C/CC/C=C/CCCCCCCCCCCCCC. The average Bonchev–Trinajstić information content (AvgIpc) is 0.785. The van der Waals surface area contributed by atoms with Gasteiger partial charge in [0.1, 0.15) is 73.2 Å². The lowest BCUT2D eigenvalue weighted by Gasteiger charge is -2.48. The van der Waals surface area contributed by atoms with Gasteiger partial charge in [-0.05, 0) is 70.6 Å². The quantitative estimate of drug-likeness (QED) is 0.0199. The zero-order valence-electron chi connectivity index (χ0n) is 61.3. The summed E-state index contributed by atoms with van der Waals surface area (Å²) < 4.78 is 34.4. The molecule has 0 spiro atoms. The maximum atomic E-state index is 13.5. The number of unbranched alkanes of at least 4 members (excludes halogenated alkanes) is 41. The smallest absolute Gasteiger partial charge is 0.220 e. The molecule has 3 aliphatic rings. The number of rotatable bonds is 63. The molecule has 98 heavy (non-hydrogen) atoms. The van der Waals surface area contributed by atoms with E-state index in [1.54, 1.807) is 6.08 Å². The summed E-state index contributed by atoms with van der Waals surface area (Å²) in [4.78, 5) is 13.5. The molecule has 0 radical (unpaired) electrons. The van der Waals surface area contributed by atoms with Crippen LogP contribution in [0.4, 0.5) is 0 Å². The van der Waals surface area contributed by atoms with Crippen LogP contribution in [0.5, 0.6) is 0 Å². The highest BCUT2D eigenvalue weighted by atomic mass is 16.8. The topological polar surface area (TPSA) is 307 Å². The Morgan fingerprint density at radius 1 is 0.357 bits per heavy atom. The minimum atomic E-state index is -1.98. The van der Waals surface area contributed by atoms with Crippen molar-refractivity contribution in [3.05, 3.63) is 48.6 Å². The highest BCUT2D eigenvalue weighted by Gasteiger charge is 2.54. The molecule has 3 aliphatic heterocycles. The number of carbonyl (C=O) groups is 1.